The van der Waals surface area contributed by atoms with Gasteiger partial charge >= 0.3 is 0 Å². The Morgan fingerprint density at radius 2 is 2.14 bits per heavy atom. The fraction of sp³-hybridized carbons (Fsp3) is 0.533. The number of ether oxygens (including phenoxy) is 1. The number of benzene rings is 1. The van der Waals surface area contributed by atoms with Gasteiger partial charge in [0.25, 0.3) is 0 Å². The SMILES string of the molecule is CCS(=O)(=O)CNC1CC(C)(C)Oc2ccc(C(N)=O)cc21. The summed E-state index contributed by atoms with van der Waals surface area (Å²) < 4.78 is 29.3. The Bertz CT molecular complexity index is 683. The predicted molar refractivity (Wildman–Crippen MR) is 84.5 cm³/mol. The van der Waals surface area contributed by atoms with E-state index in [1.807, 2.05) is 13.8 Å². The summed E-state index contributed by atoms with van der Waals surface area (Å²) in [5, 5.41) is 3.07. The molecule has 0 bridgehead atoms. The number of nitrogens with one attached hydrogen (secondary N) is 1. The summed E-state index contributed by atoms with van der Waals surface area (Å²) in [4.78, 5) is 11.3. The van der Waals surface area contributed by atoms with Gasteiger partial charge in [0, 0.05) is 29.3 Å². The van der Waals surface area contributed by atoms with E-state index in [4.69, 9.17) is 10.5 Å². The molecule has 0 fully saturated rings. The summed E-state index contributed by atoms with van der Waals surface area (Å²) in [5.74, 6) is 0.103. The minimum atomic E-state index is -3.13. The normalized spacial score (nSPS) is 20.0. The van der Waals surface area contributed by atoms with Gasteiger partial charge in [0.15, 0.2) is 9.84 Å². The number of primary amides is 1. The zero-order valence-corrected chi connectivity index (χ0v) is 13.9. The quantitative estimate of drug-likeness (QED) is 0.851. The van der Waals surface area contributed by atoms with E-state index in [1.165, 1.54) is 0 Å². The van der Waals surface area contributed by atoms with Crippen molar-refractivity contribution in [2.45, 2.75) is 38.8 Å². The average Bonchev–Trinajstić information content (AvgIpc) is 2.43. The summed E-state index contributed by atoms with van der Waals surface area (Å²) >= 11 is 0. The monoisotopic (exact) mass is 326 g/mol. The molecule has 7 heteroatoms. The van der Waals surface area contributed by atoms with E-state index in [-0.39, 0.29) is 17.7 Å². The van der Waals surface area contributed by atoms with Crippen LogP contribution >= 0.6 is 0 Å². The maximum atomic E-state index is 11.7. The molecular weight excluding hydrogens is 304 g/mol. The fourth-order valence-electron chi connectivity index (χ4n) is 2.52. The van der Waals surface area contributed by atoms with Gasteiger partial charge in [-0.05, 0) is 32.0 Å². The molecule has 6 nitrogen and oxygen atoms in total. The first-order valence-electron chi connectivity index (χ1n) is 7.20. The van der Waals surface area contributed by atoms with E-state index in [0.717, 1.165) is 5.56 Å². The molecule has 2 rings (SSSR count). The third kappa shape index (κ3) is 3.78. The predicted octanol–water partition coefficient (Wildman–Crippen LogP) is 1.37. The number of carbonyl (C=O) groups excluding carboxylic acids is 1. The highest BCUT2D eigenvalue weighted by molar-refractivity contribution is 7.91. The summed E-state index contributed by atoms with van der Waals surface area (Å²) in [6.45, 7) is 5.51. The molecule has 1 aromatic rings. The Kier molecular flexibility index (Phi) is 4.49. The van der Waals surface area contributed by atoms with Crippen molar-refractivity contribution in [3.05, 3.63) is 29.3 Å². The van der Waals surface area contributed by atoms with Gasteiger partial charge in [-0.15, -0.1) is 0 Å². The van der Waals surface area contributed by atoms with Gasteiger partial charge in [-0.25, -0.2) is 8.42 Å². The largest absolute Gasteiger partial charge is 0.487 e. The lowest BCUT2D eigenvalue weighted by atomic mass is 9.89. The van der Waals surface area contributed by atoms with E-state index in [2.05, 4.69) is 5.32 Å². The van der Waals surface area contributed by atoms with Crippen LogP contribution in [0.5, 0.6) is 5.75 Å². The first-order chi connectivity index (χ1) is 10.1. The lowest BCUT2D eigenvalue weighted by molar-refractivity contribution is 0.0670. The van der Waals surface area contributed by atoms with Gasteiger partial charge in [-0.2, -0.15) is 0 Å². The highest BCUT2D eigenvalue weighted by atomic mass is 32.2. The van der Waals surface area contributed by atoms with E-state index in [9.17, 15) is 13.2 Å². The van der Waals surface area contributed by atoms with Crippen molar-refractivity contribution in [1.82, 2.24) is 5.32 Å². The molecule has 22 heavy (non-hydrogen) atoms. The van der Waals surface area contributed by atoms with Crippen molar-refractivity contribution in [3.63, 3.8) is 0 Å². The third-order valence-corrected chi connectivity index (χ3v) is 5.23. The van der Waals surface area contributed by atoms with Crippen molar-refractivity contribution in [3.8, 4) is 5.75 Å². The van der Waals surface area contributed by atoms with Crippen LogP contribution in [-0.2, 0) is 9.84 Å². The van der Waals surface area contributed by atoms with E-state index < -0.39 is 21.3 Å². The Morgan fingerprint density at radius 1 is 1.45 bits per heavy atom. The van der Waals surface area contributed by atoms with Crippen LogP contribution in [0, 0.1) is 0 Å². The van der Waals surface area contributed by atoms with Crippen LogP contribution in [0.15, 0.2) is 18.2 Å². The Morgan fingerprint density at radius 3 is 2.73 bits per heavy atom. The minimum Gasteiger partial charge on any atom is -0.487 e. The molecule has 1 amide bonds. The standard InChI is InChI=1S/C15H22N2O4S/c1-4-22(19,20)9-17-12-8-15(2,3)21-13-6-5-10(14(16)18)7-11(12)13/h5-7,12,17H,4,8-9H2,1-3H3,(H2,16,18). The van der Waals surface area contributed by atoms with Gasteiger partial charge in [0.05, 0.1) is 5.88 Å². The number of amides is 1. The van der Waals surface area contributed by atoms with Crippen LogP contribution in [-0.4, -0.2) is 31.6 Å². The molecule has 1 aliphatic rings. The van der Waals surface area contributed by atoms with Gasteiger partial charge in [-0.3, -0.25) is 10.1 Å². The number of hydrogen-bond donors (Lipinski definition) is 2. The Hall–Kier alpha value is -1.60. The number of carbonyl (C=O) groups is 1. The molecule has 1 unspecified atom stereocenters. The van der Waals surface area contributed by atoms with Crippen LogP contribution < -0.4 is 15.8 Å². The molecule has 0 saturated heterocycles. The molecule has 3 N–H and O–H groups in total. The average molecular weight is 326 g/mol. The van der Waals surface area contributed by atoms with Crippen molar-refractivity contribution in [2.75, 3.05) is 11.6 Å². The third-order valence-electron chi connectivity index (χ3n) is 3.74. The maximum Gasteiger partial charge on any atom is 0.248 e. The molecular formula is C15H22N2O4S. The van der Waals surface area contributed by atoms with E-state index in [1.54, 1.807) is 25.1 Å². The number of nitrogens with two attached hydrogens (primary N) is 1. The van der Waals surface area contributed by atoms with Gasteiger partial charge in [-0.1, -0.05) is 6.92 Å². The van der Waals surface area contributed by atoms with Crippen LogP contribution in [0.25, 0.3) is 0 Å². The molecule has 1 heterocycles. The lowest BCUT2D eigenvalue weighted by Gasteiger charge is -2.38. The molecule has 1 atom stereocenters. The van der Waals surface area contributed by atoms with Crippen molar-refractivity contribution in [2.24, 2.45) is 5.73 Å². The van der Waals surface area contributed by atoms with Crippen LogP contribution in [0.2, 0.25) is 0 Å². The molecule has 1 aliphatic heterocycles. The van der Waals surface area contributed by atoms with Crippen molar-refractivity contribution >= 4 is 15.7 Å². The molecule has 0 aromatic heterocycles. The van der Waals surface area contributed by atoms with Gasteiger partial charge < -0.3 is 10.5 Å². The highest BCUT2D eigenvalue weighted by Crippen LogP contribution is 2.39. The molecule has 0 aliphatic carbocycles. The number of sulfone groups is 1. The first-order valence-corrected chi connectivity index (χ1v) is 9.02. The molecule has 0 spiro atoms. The van der Waals surface area contributed by atoms with Crippen molar-refractivity contribution in [1.29, 1.82) is 0 Å². The zero-order chi connectivity index (χ0) is 16.5. The second-order valence-corrected chi connectivity index (χ2v) is 8.47. The lowest BCUT2D eigenvalue weighted by Crippen LogP contribution is -2.41. The van der Waals surface area contributed by atoms with E-state index in [0.29, 0.717) is 17.7 Å². The molecule has 1 aromatic carbocycles. The topological polar surface area (TPSA) is 98.5 Å². The first kappa shape index (κ1) is 16.8. The summed E-state index contributed by atoms with van der Waals surface area (Å²) in [7, 11) is -3.13. The summed E-state index contributed by atoms with van der Waals surface area (Å²) in [6, 6.07) is 4.78. The maximum absolute atomic E-state index is 11.7. The summed E-state index contributed by atoms with van der Waals surface area (Å²) in [5.41, 5.74) is 6.04. The second-order valence-electron chi connectivity index (χ2n) is 6.12. The minimum absolute atomic E-state index is 0.0841. The van der Waals surface area contributed by atoms with E-state index >= 15 is 0 Å². The molecule has 0 saturated carbocycles. The second kappa shape index (κ2) is 5.89. The highest BCUT2D eigenvalue weighted by Gasteiger charge is 2.34. The van der Waals surface area contributed by atoms with Gasteiger partial charge in [0.2, 0.25) is 5.91 Å². The number of hydrogen-bond acceptors (Lipinski definition) is 5. The number of fused-ring (bicyclic) bond motifs is 1. The Labute approximate surface area is 131 Å². The summed E-state index contributed by atoms with van der Waals surface area (Å²) in [6.07, 6.45) is 0.599. The van der Waals surface area contributed by atoms with Crippen LogP contribution in [0.1, 0.15) is 49.2 Å². The fourth-order valence-corrected chi connectivity index (χ4v) is 3.18. The van der Waals surface area contributed by atoms with Crippen LogP contribution in [0.3, 0.4) is 0 Å². The Balaban J connectivity index is 2.34. The zero-order valence-electron chi connectivity index (χ0n) is 13.0. The smallest absolute Gasteiger partial charge is 0.248 e. The number of rotatable bonds is 5. The van der Waals surface area contributed by atoms with Crippen LogP contribution in [0.4, 0.5) is 0 Å². The van der Waals surface area contributed by atoms with Crippen molar-refractivity contribution < 1.29 is 17.9 Å². The molecule has 122 valence electrons. The molecule has 0 radical (unpaired) electrons. The van der Waals surface area contributed by atoms with Gasteiger partial charge in [0.1, 0.15) is 11.4 Å².